The second-order valence-electron chi connectivity index (χ2n) is 4.76. The molecule has 0 aromatic carbocycles. The first-order valence-corrected chi connectivity index (χ1v) is 7.90. The third-order valence-electron chi connectivity index (χ3n) is 3.54. The van der Waals surface area contributed by atoms with Crippen LogP contribution in [0.2, 0.25) is 0 Å². The zero-order valence-electron chi connectivity index (χ0n) is 10.4. The van der Waals surface area contributed by atoms with E-state index in [-0.39, 0.29) is 0 Å². The van der Waals surface area contributed by atoms with Crippen molar-refractivity contribution in [3.8, 4) is 0 Å². The molecule has 4 heteroatoms. The highest BCUT2D eigenvalue weighted by Crippen LogP contribution is 2.23. The van der Waals surface area contributed by atoms with E-state index in [0.29, 0.717) is 11.3 Å². The Labute approximate surface area is 106 Å². The molecule has 1 aromatic rings. The van der Waals surface area contributed by atoms with Crippen LogP contribution >= 0.6 is 0 Å². The minimum absolute atomic E-state index is 0.414. The lowest BCUT2D eigenvalue weighted by Gasteiger charge is -2.29. The van der Waals surface area contributed by atoms with Gasteiger partial charge in [0.2, 0.25) is 0 Å². The van der Waals surface area contributed by atoms with Crippen molar-refractivity contribution in [1.82, 2.24) is 10.3 Å². The van der Waals surface area contributed by atoms with E-state index in [1.165, 1.54) is 18.4 Å². The molecule has 1 saturated carbocycles. The molecule has 0 radical (unpaired) electrons. The number of hydrogen-bond donors (Lipinski definition) is 2. The summed E-state index contributed by atoms with van der Waals surface area (Å²) in [5, 5.41) is 3.99. The molecule has 17 heavy (non-hydrogen) atoms. The van der Waals surface area contributed by atoms with Gasteiger partial charge in [-0.15, -0.1) is 0 Å². The number of rotatable bonds is 5. The molecule has 3 unspecified atom stereocenters. The second kappa shape index (κ2) is 6.36. The maximum Gasteiger partial charge on any atom is 0.0362 e. The van der Waals surface area contributed by atoms with Gasteiger partial charge in [-0.2, -0.15) is 0 Å². The zero-order chi connectivity index (χ0) is 12.1. The molecule has 0 aliphatic heterocycles. The zero-order valence-corrected chi connectivity index (χ0v) is 11.3. The molecular formula is C13H22N2OS. The molecule has 2 rings (SSSR count). The predicted octanol–water partition coefficient (Wildman–Crippen LogP) is 2.18. The lowest BCUT2D eigenvalue weighted by Crippen LogP contribution is -2.37. The lowest BCUT2D eigenvalue weighted by molar-refractivity contribution is 0.376. The number of aromatic amines is 1. The Kier molecular flexibility index (Phi) is 4.80. The van der Waals surface area contributed by atoms with Crippen LogP contribution in [0.1, 0.15) is 38.2 Å². The van der Waals surface area contributed by atoms with Gasteiger partial charge in [0, 0.05) is 46.8 Å². The summed E-state index contributed by atoms with van der Waals surface area (Å²) in [6.45, 7) is 2.94. The van der Waals surface area contributed by atoms with Crippen LogP contribution in [-0.4, -0.2) is 26.2 Å². The molecule has 1 aromatic heterocycles. The Bertz CT molecular complexity index is 350. The number of H-pyrrole nitrogens is 1. The van der Waals surface area contributed by atoms with Crippen LogP contribution in [0.15, 0.2) is 18.5 Å². The Balaban J connectivity index is 1.79. The molecule has 1 fully saturated rings. The molecule has 3 nitrogen and oxygen atoms in total. The molecule has 2 N–H and O–H groups in total. The van der Waals surface area contributed by atoms with E-state index in [4.69, 9.17) is 0 Å². The summed E-state index contributed by atoms with van der Waals surface area (Å²) < 4.78 is 11.8. The molecule has 3 atom stereocenters. The molecule has 96 valence electrons. The first-order valence-electron chi connectivity index (χ1n) is 6.51. The Morgan fingerprint density at radius 2 is 2.41 bits per heavy atom. The van der Waals surface area contributed by atoms with Crippen LogP contribution in [-0.2, 0) is 17.3 Å². The fraction of sp³-hybridized carbons (Fsp3) is 0.692. The summed E-state index contributed by atoms with van der Waals surface area (Å²) in [7, 11) is -0.621. The van der Waals surface area contributed by atoms with Gasteiger partial charge in [-0.25, -0.2) is 0 Å². The highest BCUT2D eigenvalue weighted by molar-refractivity contribution is 7.85. The molecule has 1 aliphatic carbocycles. The van der Waals surface area contributed by atoms with Gasteiger partial charge in [0.05, 0.1) is 0 Å². The fourth-order valence-electron chi connectivity index (χ4n) is 2.54. The lowest BCUT2D eigenvalue weighted by atomic mass is 9.95. The Morgan fingerprint density at radius 1 is 1.53 bits per heavy atom. The van der Waals surface area contributed by atoms with Crippen LogP contribution in [0.5, 0.6) is 0 Å². The van der Waals surface area contributed by atoms with Crippen molar-refractivity contribution in [1.29, 1.82) is 0 Å². The van der Waals surface area contributed by atoms with Gasteiger partial charge in [-0.05, 0) is 30.9 Å². The standard InChI is InChI=1S/C13H22N2OS/c1-2-17(16)13-5-3-4-12(8-13)15-10-11-6-7-14-9-11/h6-7,9,12-15H,2-5,8,10H2,1H3. The normalized spacial score (nSPS) is 26.9. The molecule has 0 amide bonds. The predicted molar refractivity (Wildman–Crippen MR) is 72.4 cm³/mol. The summed E-state index contributed by atoms with van der Waals surface area (Å²) >= 11 is 0. The van der Waals surface area contributed by atoms with E-state index >= 15 is 0 Å². The van der Waals surface area contributed by atoms with E-state index in [1.54, 1.807) is 0 Å². The average molecular weight is 254 g/mol. The van der Waals surface area contributed by atoms with Crippen molar-refractivity contribution in [3.05, 3.63) is 24.0 Å². The van der Waals surface area contributed by atoms with Crippen molar-refractivity contribution in [3.63, 3.8) is 0 Å². The first-order chi connectivity index (χ1) is 8.29. The van der Waals surface area contributed by atoms with Gasteiger partial charge in [-0.1, -0.05) is 13.3 Å². The van der Waals surface area contributed by atoms with Crippen LogP contribution in [0.25, 0.3) is 0 Å². The van der Waals surface area contributed by atoms with Crippen molar-refractivity contribution in [2.45, 2.75) is 50.4 Å². The largest absolute Gasteiger partial charge is 0.367 e. The number of aromatic nitrogens is 1. The van der Waals surface area contributed by atoms with Crippen molar-refractivity contribution in [2.75, 3.05) is 5.75 Å². The van der Waals surface area contributed by atoms with Crippen LogP contribution < -0.4 is 5.32 Å². The Morgan fingerprint density at radius 3 is 3.12 bits per heavy atom. The van der Waals surface area contributed by atoms with Crippen molar-refractivity contribution in [2.24, 2.45) is 0 Å². The third kappa shape index (κ3) is 3.68. The minimum Gasteiger partial charge on any atom is -0.367 e. The van der Waals surface area contributed by atoms with Gasteiger partial charge in [0.25, 0.3) is 0 Å². The van der Waals surface area contributed by atoms with Gasteiger partial charge in [-0.3, -0.25) is 4.21 Å². The smallest absolute Gasteiger partial charge is 0.0362 e. The highest BCUT2D eigenvalue weighted by Gasteiger charge is 2.24. The molecule has 0 spiro atoms. The van der Waals surface area contributed by atoms with E-state index in [9.17, 15) is 4.21 Å². The molecule has 1 aliphatic rings. The maximum absolute atomic E-state index is 11.8. The van der Waals surface area contributed by atoms with Gasteiger partial charge < -0.3 is 10.3 Å². The van der Waals surface area contributed by atoms with Crippen LogP contribution in [0, 0.1) is 0 Å². The van der Waals surface area contributed by atoms with E-state index < -0.39 is 10.8 Å². The van der Waals surface area contributed by atoms with Gasteiger partial charge in [0.15, 0.2) is 0 Å². The summed E-state index contributed by atoms with van der Waals surface area (Å²) in [6, 6.07) is 2.64. The summed E-state index contributed by atoms with van der Waals surface area (Å²) in [4.78, 5) is 3.06. The average Bonchev–Trinajstić information content (AvgIpc) is 2.89. The maximum atomic E-state index is 11.8. The molecule has 1 heterocycles. The molecule has 0 bridgehead atoms. The fourth-order valence-corrected chi connectivity index (χ4v) is 3.88. The monoisotopic (exact) mass is 254 g/mol. The number of hydrogen-bond acceptors (Lipinski definition) is 2. The highest BCUT2D eigenvalue weighted by atomic mass is 32.2. The quantitative estimate of drug-likeness (QED) is 0.846. The van der Waals surface area contributed by atoms with E-state index in [1.807, 2.05) is 19.3 Å². The topological polar surface area (TPSA) is 44.9 Å². The van der Waals surface area contributed by atoms with Gasteiger partial charge in [0.1, 0.15) is 0 Å². The summed E-state index contributed by atoms with van der Waals surface area (Å²) in [5.41, 5.74) is 1.30. The van der Waals surface area contributed by atoms with Gasteiger partial charge >= 0.3 is 0 Å². The minimum atomic E-state index is -0.621. The Hall–Kier alpha value is -0.610. The van der Waals surface area contributed by atoms with Crippen LogP contribution in [0.4, 0.5) is 0 Å². The van der Waals surface area contributed by atoms with E-state index in [0.717, 1.165) is 25.1 Å². The number of nitrogens with one attached hydrogen (secondary N) is 2. The van der Waals surface area contributed by atoms with Crippen molar-refractivity contribution >= 4 is 10.8 Å². The molecular weight excluding hydrogens is 232 g/mol. The summed E-state index contributed by atoms with van der Waals surface area (Å²) in [6.07, 6.45) is 8.63. The molecule has 0 saturated heterocycles. The van der Waals surface area contributed by atoms with E-state index in [2.05, 4.69) is 16.4 Å². The first kappa shape index (κ1) is 12.8. The summed E-state index contributed by atoms with van der Waals surface area (Å²) in [5.74, 6) is 0.801. The van der Waals surface area contributed by atoms with Crippen LogP contribution in [0.3, 0.4) is 0 Å². The SMILES string of the molecule is CCS(=O)C1CCCC(NCc2cc[nH]c2)C1. The third-order valence-corrected chi connectivity index (χ3v) is 5.28. The second-order valence-corrected chi connectivity index (χ2v) is 6.76. The van der Waals surface area contributed by atoms with Crippen molar-refractivity contribution < 1.29 is 4.21 Å².